The van der Waals surface area contributed by atoms with Gasteiger partial charge >= 0.3 is 0 Å². The molecule has 2 aromatic carbocycles. The maximum atomic E-state index is 5.99. The van der Waals surface area contributed by atoms with Crippen molar-refractivity contribution < 1.29 is 32.7 Å². The summed E-state index contributed by atoms with van der Waals surface area (Å²) in [7, 11) is 0. The van der Waals surface area contributed by atoms with Crippen LogP contribution in [0.4, 0.5) is 5.69 Å². The standard InChI is InChI=1S/C15H13N.Y/c1-2-3-4-7-12-8-5-9-13-10-6-11-14(16)15(12)13;/h1-3,5-6,8-11H,7,16H2;/q-2;. The van der Waals surface area contributed by atoms with Crippen LogP contribution in [0.25, 0.3) is 10.8 Å². The van der Waals surface area contributed by atoms with E-state index in [0.717, 1.165) is 22.9 Å². The fourth-order valence-corrected chi connectivity index (χ4v) is 1.83. The smallest absolute Gasteiger partial charge is 0.0396 e. The second kappa shape index (κ2) is 6.73. The van der Waals surface area contributed by atoms with Crippen molar-refractivity contribution in [3.63, 3.8) is 0 Å². The van der Waals surface area contributed by atoms with Crippen molar-refractivity contribution in [2.75, 3.05) is 5.73 Å². The predicted octanol–water partition coefficient (Wildman–Crippen LogP) is 3.31. The minimum Gasteiger partial charge on any atom is -0.398 e. The van der Waals surface area contributed by atoms with Crippen LogP contribution in [0.3, 0.4) is 0 Å². The first-order valence-corrected chi connectivity index (χ1v) is 5.19. The molecule has 0 saturated carbocycles. The molecule has 0 bridgehead atoms. The first-order chi connectivity index (χ1) is 7.83. The van der Waals surface area contributed by atoms with E-state index >= 15 is 0 Å². The SMILES string of the molecule is [CH-]=CC=[C-]Cc1cccc2cccc(N)c12.[Y]. The maximum absolute atomic E-state index is 5.99. The Morgan fingerprint density at radius 2 is 1.88 bits per heavy atom. The van der Waals surface area contributed by atoms with Crippen LogP contribution in [0.5, 0.6) is 0 Å². The summed E-state index contributed by atoms with van der Waals surface area (Å²) in [6.45, 7) is 5.27. The van der Waals surface area contributed by atoms with Gasteiger partial charge in [0, 0.05) is 43.8 Å². The molecule has 0 aromatic heterocycles. The fourth-order valence-electron chi connectivity index (χ4n) is 1.83. The number of anilines is 1. The number of benzene rings is 2. The van der Waals surface area contributed by atoms with Crippen LogP contribution in [0.1, 0.15) is 5.56 Å². The summed E-state index contributed by atoms with van der Waals surface area (Å²) in [5.74, 6) is 0. The van der Waals surface area contributed by atoms with Gasteiger partial charge in [0.1, 0.15) is 0 Å². The molecule has 0 unspecified atom stereocenters. The molecule has 0 fully saturated rings. The molecule has 0 aliphatic rings. The largest absolute Gasteiger partial charge is 0.398 e. The van der Waals surface area contributed by atoms with Gasteiger partial charge in [-0.3, -0.25) is 0 Å². The molecule has 17 heavy (non-hydrogen) atoms. The van der Waals surface area contributed by atoms with Crippen molar-refractivity contribution in [3.8, 4) is 0 Å². The van der Waals surface area contributed by atoms with Crippen molar-refractivity contribution in [2.45, 2.75) is 6.42 Å². The Balaban J connectivity index is 0.00000144. The Labute approximate surface area is 127 Å². The van der Waals surface area contributed by atoms with Gasteiger partial charge in [0.2, 0.25) is 0 Å². The third-order valence-electron chi connectivity index (χ3n) is 2.53. The molecule has 83 valence electrons. The first kappa shape index (κ1) is 14.1. The second-order valence-corrected chi connectivity index (χ2v) is 3.60. The van der Waals surface area contributed by atoms with Gasteiger partial charge in [0.15, 0.2) is 0 Å². The van der Waals surface area contributed by atoms with Crippen LogP contribution < -0.4 is 5.73 Å². The van der Waals surface area contributed by atoms with Gasteiger partial charge < -0.3 is 30.5 Å². The Kier molecular flexibility index (Phi) is 5.60. The molecule has 2 N–H and O–H groups in total. The summed E-state index contributed by atoms with van der Waals surface area (Å²) in [5.41, 5.74) is 7.98. The normalized spacial score (nSPS) is 10.4. The average Bonchev–Trinajstić information content (AvgIpc) is 2.30. The topological polar surface area (TPSA) is 26.0 Å². The molecule has 0 aliphatic heterocycles. The maximum Gasteiger partial charge on any atom is 0.0396 e. The summed E-state index contributed by atoms with van der Waals surface area (Å²) in [6, 6.07) is 12.1. The van der Waals surface area contributed by atoms with Crippen molar-refractivity contribution in [1.82, 2.24) is 0 Å². The monoisotopic (exact) mass is 296 g/mol. The molecular formula is C15H13NY-2. The van der Waals surface area contributed by atoms with Gasteiger partial charge in [-0.25, -0.2) is 0 Å². The molecule has 1 nitrogen and oxygen atoms in total. The number of rotatable bonds is 3. The first-order valence-electron chi connectivity index (χ1n) is 5.19. The zero-order valence-corrected chi connectivity index (χ0v) is 12.4. The summed E-state index contributed by atoms with van der Waals surface area (Å²) in [5, 5.41) is 2.28. The van der Waals surface area contributed by atoms with E-state index < -0.39 is 0 Å². The predicted molar refractivity (Wildman–Crippen MR) is 68.7 cm³/mol. The van der Waals surface area contributed by atoms with Crippen LogP contribution in [0.2, 0.25) is 0 Å². The minimum absolute atomic E-state index is 0. The van der Waals surface area contributed by atoms with Crippen molar-refractivity contribution >= 4 is 16.5 Å². The number of fused-ring (bicyclic) bond motifs is 1. The third-order valence-corrected chi connectivity index (χ3v) is 2.53. The van der Waals surface area contributed by atoms with Gasteiger partial charge in [-0.2, -0.15) is 0 Å². The molecular weight excluding hydrogens is 283 g/mol. The molecule has 2 rings (SSSR count). The molecule has 0 spiro atoms. The summed E-state index contributed by atoms with van der Waals surface area (Å²) in [6.07, 6.45) is 7.03. The number of hydrogen-bond donors (Lipinski definition) is 1. The quantitative estimate of drug-likeness (QED) is 0.525. The Morgan fingerprint density at radius 1 is 1.18 bits per heavy atom. The van der Waals surface area contributed by atoms with Gasteiger partial charge in [-0.15, -0.1) is 6.42 Å². The van der Waals surface area contributed by atoms with Crippen LogP contribution in [0.15, 0.2) is 48.6 Å². The van der Waals surface area contributed by atoms with Crippen molar-refractivity contribution in [1.29, 1.82) is 0 Å². The zero-order chi connectivity index (χ0) is 11.4. The van der Waals surface area contributed by atoms with Gasteiger partial charge in [0.05, 0.1) is 0 Å². The van der Waals surface area contributed by atoms with Crippen LogP contribution in [-0.2, 0) is 39.1 Å². The van der Waals surface area contributed by atoms with Crippen LogP contribution in [-0.4, -0.2) is 0 Å². The number of nitrogens with two attached hydrogens (primary N) is 1. The third kappa shape index (κ3) is 3.27. The van der Waals surface area contributed by atoms with E-state index in [9.17, 15) is 0 Å². The minimum atomic E-state index is 0. The number of hydrogen-bond acceptors (Lipinski definition) is 1. The summed E-state index contributed by atoms with van der Waals surface area (Å²) >= 11 is 0. The molecule has 0 aliphatic carbocycles. The molecule has 0 atom stereocenters. The number of nitrogen functional groups attached to an aromatic ring is 1. The second-order valence-electron chi connectivity index (χ2n) is 3.60. The Hall–Kier alpha value is -0.916. The molecule has 2 heteroatoms. The van der Waals surface area contributed by atoms with E-state index in [2.05, 4.69) is 24.3 Å². The Morgan fingerprint density at radius 3 is 2.59 bits per heavy atom. The summed E-state index contributed by atoms with van der Waals surface area (Å²) in [4.78, 5) is 0. The molecule has 2 aromatic rings. The zero-order valence-electron chi connectivity index (χ0n) is 9.56. The van der Waals surface area contributed by atoms with E-state index in [1.807, 2.05) is 18.2 Å². The molecule has 0 saturated heterocycles. The molecule has 1 radical (unpaired) electrons. The molecule has 0 amide bonds. The van der Waals surface area contributed by atoms with Crippen molar-refractivity contribution in [2.24, 2.45) is 0 Å². The summed E-state index contributed by atoms with van der Waals surface area (Å²) < 4.78 is 0. The van der Waals surface area contributed by atoms with Crippen molar-refractivity contribution in [3.05, 3.63) is 66.8 Å². The average molecular weight is 296 g/mol. The van der Waals surface area contributed by atoms with Crippen LogP contribution in [0, 0.1) is 12.7 Å². The van der Waals surface area contributed by atoms with E-state index in [1.165, 1.54) is 11.6 Å². The van der Waals surface area contributed by atoms with E-state index in [-0.39, 0.29) is 32.7 Å². The number of allylic oxidation sites excluding steroid dienone is 3. The van der Waals surface area contributed by atoms with Gasteiger partial charge in [-0.1, -0.05) is 35.9 Å². The van der Waals surface area contributed by atoms with E-state index in [1.54, 1.807) is 6.08 Å². The van der Waals surface area contributed by atoms with Gasteiger partial charge in [-0.05, 0) is 11.5 Å². The van der Waals surface area contributed by atoms with Gasteiger partial charge in [0.25, 0.3) is 0 Å². The van der Waals surface area contributed by atoms with E-state index in [0.29, 0.717) is 0 Å². The van der Waals surface area contributed by atoms with E-state index in [4.69, 9.17) is 12.3 Å². The fraction of sp³-hybridized carbons (Fsp3) is 0.0667. The molecule has 0 heterocycles. The van der Waals surface area contributed by atoms with Crippen LogP contribution >= 0.6 is 0 Å². The Bertz CT molecular complexity index is 538.